The fourth-order valence-electron chi connectivity index (χ4n) is 4.23. The Morgan fingerprint density at radius 2 is 1.73 bits per heavy atom. The van der Waals surface area contributed by atoms with E-state index in [1.54, 1.807) is 12.3 Å². The van der Waals surface area contributed by atoms with Crippen LogP contribution >= 0.6 is 11.6 Å². The second kappa shape index (κ2) is 10.4. The molecule has 0 aliphatic carbocycles. The molecule has 0 amide bonds. The lowest BCUT2D eigenvalue weighted by molar-refractivity contribution is -0.141. The average molecular weight is 596 g/mol. The molecule has 1 atom stereocenters. The summed E-state index contributed by atoms with van der Waals surface area (Å²) in [4.78, 5) is 28.4. The van der Waals surface area contributed by atoms with Crippen molar-refractivity contribution >= 4 is 50.3 Å². The minimum atomic E-state index is -4.58. The molecule has 4 aromatic heterocycles. The van der Waals surface area contributed by atoms with Gasteiger partial charge in [-0.3, -0.25) is 19.6 Å². The van der Waals surface area contributed by atoms with Crippen molar-refractivity contribution in [3.8, 4) is 22.5 Å². The van der Waals surface area contributed by atoms with Crippen LogP contribution in [0.3, 0.4) is 0 Å². The van der Waals surface area contributed by atoms with E-state index in [-0.39, 0.29) is 17.1 Å². The molecule has 1 unspecified atom stereocenters. The molecule has 0 spiro atoms. The molecule has 3 N–H and O–H groups in total. The summed E-state index contributed by atoms with van der Waals surface area (Å²) in [5.41, 5.74) is 2.20. The van der Waals surface area contributed by atoms with Crippen LogP contribution in [0.4, 0.5) is 18.9 Å². The van der Waals surface area contributed by atoms with Crippen molar-refractivity contribution in [3.63, 3.8) is 0 Å². The minimum Gasteiger partial charge on any atom is -0.303 e. The van der Waals surface area contributed by atoms with Gasteiger partial charge in [-0.05, 0) is 29.8 Å². The number of pyridine rings is 2. The first-order valence-corrected chi connectivity index (χ1v) is 13.7. The molecule has 14 heteroatoms. The predicted octanol–water partition coefficient (Wildman–Crippen LogP) is 5.87. The van der Waals surface area contributed by atoms with Gasteiger partial charge in [-0.2, -0.15) is 18.3 Å². The van der Waals surface area contributed by atoms with Crippen molar-refractivity contribution in [1.29, 1.82) is 0 Å². The molecule has 0 bridgehead atoms. The average Bonchev–Trinajstić information content (AvgIpc) is 3.43. The maximum absolute atomic E-state index is 12.9. The molecule has 0 saturated carbocycles. The molecule has 6 rings (SSSR count). The quantitative estimate of drug-likeness (QED) is 0.221. The van der Waals surface area contributed by atoms with E-state index in [2.05, 4.69) is 24.9 Å². The molecule has 0 aliphatic heterocycles. The number of nitrogens with one attached hydrogen (secondary N) is 3. The van der Waals surface area contributed by atoms with Crippen molar-refractivity contribution in [3.05, 3.63) is 99.7 Å². The summed E-state index contributed by atoms with van der Waals surface area (Å²) in [5, 5.41) is 8.10. The first-order chi connectivity index (χ1) is 19.7. The molecule has 0 aliphatic rings. The second-order valence-electron chi connectivity index (χ2n) is 8.97. The number of aromatic amines is 2. The van der Waals surface area contributed by atoms with Gasteiger partial charge in [-0.25, -0.2) is 14.2 Å². The maximum atomic E-state index is 12.9. The van der Waals surface area contributed by atoms with Crippen LogP contribution in [0, 0.1) is 0 Å². The second-order valence-corrected chi connectivity index (χ2v) is 10.6. The van der Waals surface area contributed by atoms with E-state index in [9.17, 15) is 22.2 Å². The Kier molecular flexibility index (Phi) is 6.75. The molecule has 6 aromatic rings. The number of rotatable bonds is 6. The Labute approximate surface area is 236 Å². The lowest BCUT2D eigenvalue weighted by atomic mass is 10.0. The van der Waals surface area contributed by atoms with E-state index in [1.165, 1.54) is 12.1 Å². The van der Waals surface area contributed by atoms with Gasteiger partial charge >= 0.3 is 6.18 Å². The first kappa shape index (κ1) is 26.6. The highest BCUT2D eigenvalue weighted by Crippen LogP contribution is 2.35. The molecule has 0 radical (unpaired) electrons. The van der Waals surface area contributed by atoms with Crippen molar-refractivity contribution in [2.45, 2.75) is 11.9 Å². The number of hydrogen-bond acceptors (Lipinski definition) is 6. The molecule has 2 aromatic carbocycles. The molecule has 41 heavy (non-hydrogen) atoms. The third kappa shape index (κ3) is 5.41. The molecule has 0 saturated heterocycles. The Hall–Kier alpha value is -4.62. The zero-order valence-corrected chi connectivity index (χ0v) is 22.2. The van der Waals surface area contributed by atoms with E-state index in [0.717, 1.165) is 23.2 Å². The van der Waals surface area contributed by atoms with Crippen molar-refractivity contribution in [1.82, 2.24) is 30.1 Å². The summed E-state index contributed by atoms with van der Waals surface area (Å²) in [6.07, 6.45) is -1.94. The summed E-state index contributed by atoms with van der Waals surface area (Å²) in [7, 11) is -1.86. The zero-order chi connectivity index (χ0) is 28.7. The van der Waals surface area contributed by atoms with Crippen LogP contribution in [-0.4, -0.2) is 34.3 Å². The lowest BCUT2D eigenvalue weighted by Gasteiger charge is -2.12. The van der Waals surface area contributed by atoms with Crippen molar-refractivity contribution in [2.75, 3.05) is 4.72 Å². The van der Waals surface area contributed by atoms with Gasteiger partial charge in [0.05, 0.1) is 33.9 Å². The standard InChI is InChI=1S/C27H17ClF3N7O2S/c28-18-9-16(8-17-12-33-37-22(17)18)24-23(15-4-2-1-3-5-15)35-25-19(34-24)10-20(26(39)36-25)38-41(40)13-14-6-7-21(32-11-14)27(29,30)31/h1-12,38H,13H2,(H,33,37)(H,35,36,39). The predicted molar refractivity (Wildman–Crippen MR) is 150 cm³/mol. The minimum absolute atomic E-state index is 0.0493. The SMILES string of the molecule is O=c1[nH]c2nc(-c3ccccc3)c(-c3cc(Cl)c4[nH]ncc4c3)nc2cc1NS(=O)Cc1ccc(C(F)(F)F)nc1. The van der Waals surface area contributed by atoms with Crippen LogP contribution in [0.2, 0.25) is 5.02 Å². The van der Waals surface area contributed by atoms with Gasteiger partial charge in [-0.1, -0.05) is 48.0 Å². The van der Waals surface area contributed by atoms with Crippen molar-refractivity contribution < 1.29 is 17.4 Å². The summed E-state index contributed by atoms with van der Waals surface area (Å²) >= 11 is 6.50. The number of halogens is 4. The van der Waals surface area contributed by atoms with Crippen LogP contribution in [0.15, 0.2) is 77.9 Å². The van der Waals surface area contributed by atoms with Crippen LogP contribution in [0.5, 0.6) is 0 Å². The number of anilines is 1. The van der Waals surface area contributed by atoms with E-state index in [0.29, 0.717) is 38.6 Å². The van der Waals surface area contributed by atoms with E-state index in [1.807, 2.05) is 36.4 Å². The molecular formula is C27H17ClF3N7O2S. The topological polar surface area (TPSA) is 129 Å². The fourth-order valence-corrected chi connectivity index (χ4v) is 5.44. The molecule has 4 heterocycles. The number of benzene rings is 2. The number of fused-ring (bicyclic) bond motifs is 2. The van der Waals surface area contributed by atoms with Crippen molar-refractivity contribution in [2.24, 2.45) is 0 Å². The van der Waals surface area contributed by atoms with Crippen LogP contribution in [0.25, 0.3) is 44.6 Å². The first-order valence-electron chi connectivity index (χ1n) is 12.0. The van der Waals surface area contributed by atoms with Crippen LogP contribution in [0.1, 0.15) is 11.3 Å². The maximum Gasteiger partial charge on any atom is 0.433 e. The zero-order valence-electron chi connectivity index (χ0n) is 20.7. The summed E-state index contributed by atoms with van der Waals surface area (Å²) < 4.78 is 53.7. The van der Waals surface area contributed by atoms with Gasteiger partial charge in [0, 0.05) is 22.7 Å². The van der Waals surface area contributed by atoms with Gasteiger partial charge in [0.25, 0.3) is 5.56 Å². The monoisotopic (exact) mass is 595 g/mol. The number of hydrogen-bond donors (Lipinski definition) is 3. The molecule has 206 valence electrons. The lowest BCUT2D eigenvalue weighted by Crippen LogP contribution is -2.18. The summed E-state index contributed by atoms with van der Waals surface area (Å²) in [5.74, 6) is -0.185. The highest BCUT2D eigenvalue weighted by Gasteiger charge is 2.32. The molecular weight excluding hydrogens is 579 g/mol. The highest BCUT2D eigenvalue weighted by molar-refractivity contribution is 7.85. The van der Waals surface area contributed by atoms with Gasteiger partial charge < -0.3 is 4.98 Å². The van der Waals surface area contributed by atoms with Gasteiger partial charge in [-0.15, -0.1) is 0 Å². The fraction of sp³-hybridized carbons (Fsp3) is 0.0741. The van der Waals surface area contributed by atoms with Gasteiger partial charge in [0.15, 0.2) is 5.65 Å². The Balaban J connectivity index is 1.38. The van der Waals surface area contributed by atoms with Crippen LogP contribution in [-0.2, 0) is 22.9 Å². The number of nitrogens with zero attached hydrogens (tertiary/aromatic N) is 4. The van der Waals surface area contributed by atoms with Gasteiger partial charge in [0.2, 0.25) is 0 Å². The Bertz CT molecular complexity index is 2000. The Morgan fingerprint density at radius 3 is 2.46 bits per heavy atom. The van der Waals surface area contributed by atoms with E-state index in [4.69, 9.17) is 21.6 Å². The van der Waals surface area contributed by atoms with E-state index < -0.39 is 28.4 Å². The molecule has 9 nitrogen and oxygen atoms in total. The highest BCUT2D eigenvalue weighted by atomic mass is 35.5. The van der Waals surface area contributed by atoms with Gasteiger partial charge in [0.1, 0.15) is 27.9 Å². The van der Waals surface area contributed by atoms with E-state index >= 15 is 0 Å². The third-order valence-corrected chi connectivity index (χ3v) is 7.48. The Morgan fingerprint density at radius 1 is 0.951 bits per heavy atom. The molecule has 0 fully saturated rings. The smallest absolute Gasteiger partial charge is 0.303 e. The number of H-pyrrole nitrogens is 2. The summed E-state index contributed by atoms with van der Waals surface area (Å²) in [6.45, 7) is 0. The summed E-state index contributed by atoms with van der Waals surface area (Å²) in [6, 6.07) is 16.3. The number of aromatic nitrogens is 6. The normalized spacial score (nSPS) is 12.6. The van der Waals surface area contributed by atoms with Crippen LogP contribution < -0.4 is 10.3 Å². The largest absolute Gasteiger partial charge is 0.433 e. The third-order valence-electron chi connectivity index (χ3n) is 6.14. The number of alkyl halides is 3.